The Kier molecular flexibility index (Phi) is 6.18. The van der Waals surface area contributed by atoms with Gasteiger partial charge in [-0.2, -0.15) is 0 Å². The van der Waals surface area contributed by atoms with Crippen molar-refractivity contribution in [2.24, 2.45) is 0 Å². The first kappa shape index (κ1) is 21.5. The summed E-state index contributed by atoms with van der Waals surface area (Å²) < 4.78 is 16.4. The third-order valence-corrected chi connectivity index (χ3v) is 5.30. The number of amides is 1. The van der Waals surface area contributed by atoms with Gasteiger partial charge in [-0.15, -0.1) is 0 Å². The van der Waals surface area contributed by atoms with Crippen molar-refractivity contribution in [1.82, 2.24) is 15.2 Å². The van der Waals surface area contributed by atoms with E-state index in [4.69, 9.17) is 14.2 Å². The van der Waals surface area contributed by atoms with Gasteiger partial charge in [0.2, 0.25) is 5.91 Å². The third kappa shape index (κ3) is 4.47. The average Bonchev–Trinajstić information content (AvgIpc) is 2.92. The summed E-state index contributed by atoms with van der Waals surface area (Å²) >= 11 is 0. The first-order valence-corrected chi connectivity index (χ1v) is 10.4. The number of ether oxygens (including phenoxy) is 3. The zero-order valence-corrected chi connectivity index (χ0v) is 17.8. The van der Waals surface area contributed by atoms with Crippen molar-refractivity contribution in [3.8, 4) is 17.4 Å². The number of rotatable bonds is 5. The average molecular weight is 437 g/mol. The van der Waals surface area contributed by atoms with Crippen molar-refractivity contribution in [2.75, 3.05) is 19.6 Å². The lowest BCUT2D eigenvalue weighted by Gasteiger charge is -2.24. The molecule has 1 N–H and O–H groups in total. The number of para-hydroxylation sites is 1. The van der Waals surface area contributed by atoms with Crippen molar-refractivity contribution in [2.45, 2.75) is 26.5 Å². The number of pyridine rings is 1. The number of hydrogen-bond donors (Lipinski definition) is 1. The molecular weight excluding hydrogens is 414 g/mol. The molecule has 9 heteroatoms. The molecule has 1 aromatic heterocycles. The maximum absolute atomic E-state index is 12.9. The maximum atomic E-state index is 12.9. The van der Waals surface area contributed by atoms with Gasteiger partial charge in [0.25, 0.3) is 5.88 Å². The quantitative estimate of drug-likeness (QED) is 0.707. The van der Waals surface area contributed by atoms with E-state index in [0.717, 1.165) is 30.8 Å². The summed E-state index contributed by atoms with van der Waals surface area (Å²) in [6.07, 6.45) is 1.96. The topological polar surface area (TPSA) is 107 Å². The van der Waals surface area contributed by atoms with Crippen LogP contribution in [-0.4, -0.2) is 47.4 Å². The number of hydrogen-bond acceptors (Lipinski definition) is 8. The number of aromatic nitrogens is 1. The Morgan fingerprint density at radius 3 is 2.53 bits per heavy atom. The van der Waals surface area contributed by atoms with E-state index in [1.807, 2.05) is 43.0 Å². The predicted octanol–water partition coefficient (Wildman–Crippen LogP) is 1.90. The minimum absolute atomic E-state index is 0.00572. The normalized spacial score (nSPS) is 17.9. The lowest BCUT2D eigenvalue weighted by atomic mass is 9.97. The predicted molar refractivity (Wildman–Crippen MR) is 113 cm³/mol. The van der Waals surface area contributed by atoms with Crippen LogP contribution < -0.4 is 19.5 Å². The SMILES string of the molecule is CCN(CC)CC(=O)NC1c2ccccc2OCc2nc3c(cc21)OC(=O)/C=C/C(=O)O3. The molecule has 9 nitrogen and oxygen atoms in total. The number of esters is 2. The summed E-state index contributed by atoms with van der Waals surface area (Å²) in [6.45, 7) is 5.80. The van der Waals surface area contributed by atoms with Crippen LogP contribution in [0.3, 0.4) is 0 Å². The second kappa shape index (κ2) is 9.19. The molecule has 1 aromatic carbocycles. The summed E-state index contributed by atoms with van der Waals surface area (Å²) in [4.78, 5) is 43.1. The molecule has 2 aliphatic rings. The largest absolute Gasteiger partial charge is 0.487 e. The highest BCUT2D eigenvalue weighted by atomic mass is 16.6. The molecule has 2 aliphatic heterocycles. The Balaban J connectivity index is 1.77. The van der Waals surface area contributed by atoms with Gasteiger partial charge in [0.05, 0.1) is 18.3 Å². The summed E-state index contributed by atoms with van der Waals surface area (Å²) in [7, 11) is 0. The molecule has 0 spiro atoms. The molecule has 1 unspecified atom stereocenters. The van der Waals surface area contributed by atoms with Crippen LogP contribution in [0.5, 0.6) is 17.4 Å². The lowest BCUT2D eigenvalue weighted by Crippen LogP contribution is -2.39. The maximum Gasteiger partial charge on any atom is 0.337 e. The first-order chi connectivity index (χ1) is 15.5. The van der Waals surface area contributed by atoms with Gasteiger partial charge in [-0.1, -0.05) is 32.0 Å². The van der Waals surface area contributed by atoms with Crippen molar-refractivity contribution >= 4 is 17.8 Å². The number of carbonyl (C=O) groups is 3. The van der Waals surface area contributed by atoms with Gasteiger partial charge in [0.1, 0.15) is 12.4 Å². The summed E-state index contributed by atoms with van der Waals surface area (Å²) in [5.41, 5.74) is 1.80. The van der Waals surface area contributed by atoms with Gasteiger partial charge in [-0.25, -0.2) is 14.6 Å². The zero-order valence-electron chi connectivity index (χ0n) is 17.8. The van der Waals surface area contributed by atoms with Crippen LogP contribution in [0.4, 0.5) is 0 Å². The molecule has 0 bridgehead atoms. The highest BCUT2D eigenvalue weighted by Crippen LogP contribution is 2.39. The third-order valence-electron chi connectivity index (χ3n) is 5.30. The second-order valence-corrected chi connectivity index (χ2v) is 7.29. The van der Waals surface area contributed by atoms with E-state index in [2.05, 4.69) is 10.3 Å². The number of nitrogens with one attached hydrogen (secondary N) is 1. The molecule has 0 fully saturated rings. The number of carbonyl (C=O) groups excluding carboxylic acids is 3. The van der Waals surface area contributed by atoms with Crippen LogP contribution in [-0.2, 0) is 21.0 Å². The molecule has 3 heterocycles. The van der Waals surface area contributed by atoms with Crippen LogP contribution in [0.25, 0.3) is 0 Å². The number of fused-ring (bicyclic) bond motifs is 3. The minimum Gasteiger partial charge on any atom is -0.487 e. The molecule has 0 saturated heterocycles. The fourth-order valence-corrected chi connectivity index (χ4v) is 3.62. The van der Waals surface area contributed by atoms with Gasteiger partial charge >= 0.3 is 11.9 Å². The van der Waals surface area contributed by atoms with Crippen molar-refractivity contribution < 1.29 is 28.6 Å². The molecule has 0 aliphatic carbocycles. The van der Waals surface area contributed by atoms with E-state index in [-0.39, 0.29) is 30.7 Å². The monoisotopic (exact) mass is 437 g/mol. The second-order valence-electron chi connectivity index (χ2n) is 7.29. The van der Waals surface area contributed by atoms with Gasteiger partial charge < -0.3 is 19.5 Å². The van der Waals surface area contributed by atoms with Gasteiger partial charge in [-0.05, 0) is 25.2 Å². The summed E-state index contributed by atoms with van der Waals surface area (Å²) in [5.74, 6) is -1.17. The summed E-state index contributed by atoms with van der Waals surface area (Å²) in [6, 6.07) is 8.33. The zero-order chi connectivity index (χ0) is 22.7. The lowest BCUT2D eigenvalue weighted by molar-refractivity contribution is -0.133. The number of benzene rings is 1. The van der Waals surface area contributed by atoms with Crippen molar-refractivity contribution in [3.63, 3.8) is 0 Å². The number of nitrogens with zero attached hydrogens (tertiary/aromatic N) is 2. The standard InChI is InChI=1S/C23H23N3O6/c1-3-26(4-2)12-19(27)25-22-14-7-5-6-8-17(14)30-13-16-15(22)11-18-23(24-16)32-21(29)10-9-20(28)31-18/h5-11,22H,3-4,12-13H2,1-2H3,(H,25,27)/b10-9+. The molecule has 32 heavy (non-hydrogen) atoms. The van der Waals surface area contributed by atoms with Crippen molar-refractivity contribution in [1.29, 1.82) is 0 Å². The van der Waals surface area contributed by atoms with E-state index in [0.29, 0.717) is 17.0 Å². The molecular formula is C23H23N3O6. The van der Waals surface area contributed by atoms with Gasteiger partial charge in [0, 0.05) is 23.3 Å². The fourth-order valence-electron chi connectivity index (χ4n) is 3.62. The summed E-state index contributed by atoms with van der Waals surface area (Å²) in [5, 5.41) is 3.06. The Morgan fingerprint density at radius 1 is 1.06 bits per heavy atom. The van der Waals surface area contributed by atoms with Crippen LogP contribution >= 0.6 is 0 Å². The fraction of sp³-hybridized carbons (Fsp3) is 0.304. The molecule has 2 aromatic rings. The molecule has 166 valence electrons. The van der Waals surface area contributed by atoms with Gasteiger partial charge in [0.15, 0.2) is 5.75 Å². The Bertz CT molecular complexity index is 1090. The van der Waals surface area contributed by atoms with E-state index >= 15 is 0 Å². The smallest absolute Gasteiger partial charge is 0.337 e. The van der Waals surface area contributed by atoms with Crippen LogP contribution in [0.2, 0.25) is 0 Å². The molecule has 1 atom stereocenters. The Labute approximate surface area is 185 Å². The first-order valence-electron chi connectivity index (χ1n) is 10.4. The highest BCUT2D eigenvalue weighted by Gasteiger charge is 2.30. The molecule has 0 radical (unpaired) electrons. The van der Waals surface area contributed by atoms with Crippen molar-refractivity contribution in [3.05, 3.63) is 59.3 Å². The van der Waals surface area contributed by atoms with Crippen LogP contribution in [0, 0.1) is 0 Å². The molecule has 0 saturated carbocycles. The Hall–Kier alpha value is -3.72. The highest BCUT2D eigenvalue weighted by molar-refractivity contribution is 5.94. The van der Waals surface area contributed by atoms with Gasteiger partial charge in [-0.3, -0.25) is 9.69 Å². The molecule has 1 amide bonds. The Morgan fingerprint density at radius 2 is 1.78 bits per heavy atom. The van der Waals surface area contributed by atoms with E-state index in [1.54, 1.807) is 6.07 Å². The van der Waals surface area contributed by atoms with Crippen LogP contribution in [0.15, 0.2) is 42.5 Å². The van der Waals surface area contributed by atoms with E-state index < -0.39 is 18.0 Å². The van der Waals surface area contributed by atoms with E-state index in [9.17, 15) is 14.4 Å². The molecule has 4 rings (SSSR count). The minimum atomic E-state index is -0.739. The van der Waals surface area contributed by atoms with E-state index in [1.165, 1.54) is 0 Å². The van der Waals surface area contributed by atoms with Crippen LogP contribution in [0.1, 0.15) is 36.7 Å². The number of likely N-dealkylation sites (N-methyl/N-ethyl adjacent to an activating group) is 1.